The van der Waals surface area contributed by atoms with E-state index in [0.717, 1.165) is 32.1 Å². The molecule has 2 fully saturated rings. The highest BCUT2D eigenvalue weighted by molar-refractivity contribution is 5.81. The zero-order chi connectivity index (χ0) is 15.6. The van der Waals surface area contributed by atoms with Gasteiger partial charge in [0.2, 0.25) is 5.91 Å². The summed E-state index contributed by atoms with van der Waals surface area (Å²) in [6.07, 6.45) is 4.51. The van der Waals surface area contributed by atoms with E-state index < -0.39 is 5.54 Å². The van der Waals surface area contributed by atoms with Crippen molar-refractivity contribution in [2.45, 2.75) is 37.6 Å². The first-order valence-corrected chi connectivity index (χ1v) is 8.06. The van der Waals surface area contributed by atoms with Crippen LogP contribution in [0.1, 0.15) is 32.1 Å². The molecular formula is C17H23FN2O2. The molecule has 1 saturated carbocycles. The molecule has 1 unspecified atom stereocenters. The molecule has 120 valence electrons. The van der Waals surface area contributed by atoms with E-state index in [9.17, 15) is 14.3 Å². The Balaban J connectivity index is 1.63. The van der Waals surface area contributed by atoms with Crippen molar-refractivity contribution in [3.05, 3.63) is 30.1 Å². The first-order valence-electron chi connectivity index (χ1n) is 8.06. The summed E-state index contributed by atoms with van der Waals surface area (Å²) in [7, 11) is 0. The predicted octanol–water partition coefficient (Wildman–Crippen LogP) is 2.07. The monoisotopic (exact) mass is 306 g/mol. The predicted molar refractivity (Wildman–Crippen MR) is 83.1 cm³/mol. The van der Waals surface area contributed by atoms with Crippen molar-refractivity contribution in [2.24, 2.45) is 5.92 Å². The number of anilines is 1. The Morgan fingerprint density at radius 2 is 2.09 bits per heavy atom. The van der Waals surface area contributed by atoms with Crippen LogP contribution in [0.25, 0.3) is 0 Å². The van der Waals surface area contributed by atoms with Gasteiger partial charge in [0.15, 0.2) is 0 Å². The number of rotatable bonds is 4. The summed E-state index contributed by atoms with van der Waals surface area (Å²) in [6, 6.07) is 6.68. The number of benzene rings is 1. The molecule has 1 heterocycles. The first kappa shape index (κ1) is 15.3. The highest BCUT2D eigenvalue weighted by atomic mass is 19.1. The summed E-state index contributed by atoms with van der Waals surface area (Å²) in [5, 5.41) is 12.7. The summed E-state index contributed by atoms with van der Waals surface area (Å²) in [6.45, 7) is 1.22. The topological polar surface area (TPSA) is 52.6 Å². The molecule has 1 amide bonds. The Kier molecular flexibility index (Phi) is 4.34. The van der Waals surface area contributed by atoms with Crippen LogP contribution in [0, 0.1) is 11.7 Å². The summed E-state index contributed by atoms with van der Waals surface area (Å²) in [5.41, 5.74) is 0.137. The maximum absolute atomic E-state index is 13.8. The van der Waals surface area contributed by atoms with Crippen LogP contribution in [0.15, 0.2) is 24.3 Å². The minimum Gasteiger partial charge on any atom is -0.394 e. The Bertz CT molecular complexity index is 543. The molecule has 22 heavy (non-hydrogen) atoms. The van der Waals surface area contributed by atoms with Gasteiger partial charge < -0.3 is 15.3 Å². The van der Waals surface area contributed by atoms with Gasteiger partial charge in [0, 0.05) is 13.1 Å². The summed E-state index contributed by atoms with van der Waals surface area (Å²) >= 11 is 0. The normalized spacial score (nSPS) is 23.7. The molecule has 3 rings (SSSR count). The summed E-state index contributed by atoms with van der Waals surface area (Å²) in [5.74, 6) is -0.385. The smallest absolute Gasteiger partial charge is 0.225 e. The highest BCUT2D eigenvalue weighted by Crippen LogP contribution is 2.31. The number of nitrogens with one attached hydrogen (secondary N) is 1. The van der Waals surface area contributed by atoms with Crippen LogP contribution in [0.5, 0.6) is 0 Å². The van der Waals surface area contributed by atoms with Crippen molar-refractivity contribution in [3.8, 4) is 0 Å². The Hall–Kier alpha value is -1.62. The van der Waals surface area contributed by atoms with E-state index in [4.69, 9.17) is 0 Å². The molecule has 1 aliphatic carbocycles. The second-order valence-corrected chi connectivity index (χ2v) is 6.52. The van der Waals surface area contributed by atoms with Crippen molar-refractivity contribution in [3.63, 3.8) is 0 Å². The van der Waals surface area contributed by atoms with Crippen LogP contribution in [0.3, 0.4) is 0 Å². The van der Waals surface area contributed by atoms with Crippen molar-refractivity contribution in [1.82, 2.24) is 5.32 Å². The van der Waals surface area contributed by atoms with E-state index in [1.165, 1.54) is 6.07 Å². The van der Waals surface area contributed by atoms with E-state index in [2.05, 4.69) is 5.32 Å². The second-order valence-electron chi connectivity index (χ2n) is 6.52. The SMILES string of the molecule is O=C(NC1(CO)CCCC1)C1CCN(c2ccccc2F)C1. The fourth-order valence-corrected chi connectivity index (χ4v) is 3.64. The van der Waals surface area contributed by atoms with Gasteiger partial charge in [0.1, 0.15) is 5.82 Å². The number of amides is 1. The number of hydrogen-bond donors (Lipinski definition) is 2. The molecule has 1 saturated heterocycles. The molecule has 1 aromatic carbocycles. The van der Waals surface area contributed by atoms with Crippen molar-refractivity contribution in [1.29, 1.82) is 0 Å². The van der Waals surface area contributed by atoms with Gasteiger partial charge in [-0.1, -0.05) is 25.0 Å². The number of hydrogen-bond acceptors (Lipinski definition) is 3. The minimum atomic E-state index is -0.428. The average molecular weight is 306 g/mol. The first-order chi connectivity index (χ1) is 10.6. The lowest BCUT2D eigenvalue weighted by Gasteiger charge is -2.29. The molecule has 0 spiro atoms. The molecule has 5 heteroatoms. The van der Waals surface area contributed by atoms with E-state index in [0.29, 0.717) is 18.8 Å². The van der Waals surface area contributed by atoms with Gasteiger partial charge in [-0.3, -0.25) is 4.79 Å². The maximum Gasteiger partial charge on any atom is 0.225 e. The minimum absolute atomic E-state index is 0.00247. The van der Waals surface area contributed by atoms with Crippen LogP contribution in [-0.2, 0) is 4.79 Å². The van der Waals surface area contributed by atoms with E-state index >= 15 is 0 Å². The van der Waals surface area contributed by atoms with Gasteiger partial charge in [-0.05, 0) is 31.4 Å². The lowest BCUT2D eigenvalue weighted by atomic mass is 9.97. The van der Waals surface area contributed by atoms with E-state index in [1.807, 2.05) is 11.0 Å². The van der Waals surface area contributed by atoms with Crippen LogP contribution in [-0.4, -0.2) is 36.2 Å². The van der Waals surface area contributed by atoms with Crippen LogP contribution in [0.4, 0.5) is 10.1 Å². The van der Waals surface area contributed by atoms with Gasteiger partial charge in [0.25, 0.3) is 0 Å². The Labute approximate surface area is 130 Å². The Morgan fingerprint density at radius 1 is 1.36 bits per heavy atom. The Morgan fingerprint density at radius 3 is 2.77 bits per heavy atom. The largest absolute Gasteiger partial charge is 0.394 e. The van der Waals surface area contributed by atoms with E-state index in [1.54, 1.807) is 12.1 Å². The molecule has 1 aromatic rings. The third-order valence-electron chi connectivity index (χ3n) is 5.00. The van der Waals surface area contributed by atoms with Gasteiger partial charge in [-0.15, -0.1) is 0 Å². The van der Waals surface area contributed by atoms with Gasteiger partial charge in [0.05, 0.1) is 23.8 Å². The van der Waals surface area contributed by atoms with Gasteiger partial charge >= 0.3 is 0 Å². The number of carbonyl (C=O) groups is 1. The molecule has 2 N–H and O–H groups in total. The number of carbonyl (C=O) groups excluding carboxylic acids is 1. The number of aliphatic hydroxyl groups is 1. The molecule has 0 bridgehead atoms. The van der Waals surface area contributed by atoms with Crippen LogP contribution >= 0.6 is 0 Å². The third kappa shape index (κ3) is 2.95. The third-order valence-corrected chi connectivity index (χ3v) is 5.00. The standard InChI is InChI=1S/C17H23FN2O2/c18-14-5-1-2-6-15(14)20-10-7-13(11-20)16(22)19-17(12-21)8-3-4-9-17/h1-2,5-6,13,21H,3-4,7-12H2,(H,19,22). The molecule has 0 aromatic heterocycles. The average Bonchev–Trinajstić information content (AvgIpc) is 3.17. The number of nitrogens with zero attached hydrogens (tertiary/aromatic N) is 1. The lowest BCUT2D eigenvalue weighted by molar-refractivity contribution is -0.126. The van der Waals surface area contributed by atoms with E-state index in [-0.39, 0.29) is 24.2 Å². The zero-order valence-corrected chi connectivity index (χ0v) is 12.7. The van der Waals surface area contributed by atoms with Crippen LogP contribution in [0.2, 0.25) is 0 Å². The quantitative estimate of drug-likeness (QED) is 0.895. The molecule has 2 aliphatic rings. The van der Waals surface area contributed by atoms with Crippen molar-refractivity contribution in [2.75, 3.05) is 24.6 Å². The highest BCUT2D eigenvalue weighted by Gasteiger charge is 2.38. The molecule has 1 aliphatic heterocycles. The maximum atomic E-state index is 13.8. The molecule has 0 radical (unpaired) electrons. The lowest BCUT2D eigenvalue weighted by Crippen LogP contribution is -2.51. The van der Waals surface area contributed by atoms with Gasteiger partial charge in [-0.25, -0.2) is 4.39 Å². The van der Waals surface area contributed by atoms with Crippen molar-refractivity contribution >= 4 is 11.6 Å². The summed E-state index contributed by atoms with van der Waals surface area (Å²) in [4.78, 5) is 14.4. The fraction of sp³-hybridized carbons (Fsp3) is 0.588. The molecule has 1 atom stereocenters. The van der Waals surface area contributed by atoms with Crippen LogP contribution < -0.4 is 10.2 Å². The molecule has 4 nitrogen and oxygen atoms in total. The summed E-state index contributed by atoms with van der Waals surface area (Å²) < 4.78 is 13.8. The zero-order valence-electron chi connectivity index (χ0n) is 12.7. The van der Waals surface area contributed by atoms with Gasteiger partial charge in [-0.2, -0.15) is 0 Å². The number of halogens is 1. The fourth-order valence-electron chi connectivity index (χ4n) is 3.64. The van der Waals surface area contributed by atoms with Crippen molar-refractivity contribution < 1.29 is 14.3 Å². The molecular weight excluding hydrogens is 283 g/mol. The number of para-hydroxylation sites is 1. The number of aliphatic hydroxyl groups excluding tert-OH is 1. The second kappa shape index (κ2) is 6.24.